The maximum Gasteiger partial charge on any atom is 0.573 e. The standard InChI is InChI=1S/C21H21F3N4O3/c1-27-11-16(19(29)25-13-7-9-15(10-8-13)31-21(22,23)24)18-17(12-27)20(30)28(26-18)14-5-3-2-4-6-14/h2-10,16-18,26H,11-12H2,1H3,(H,25,29). The molecule has 0 radical (unpaired) electrons. The molecule has 3 atom stereocenters. The number of anilines is 2. The number of carbonyl (C=O) groups excluding carboxylic acids is 2. The van der Waals surface area contributed by atoms with Gasteiger partial charge in [-0.15, -0.1) is 13.2 Å². The zero-order valence-electron chi connectivity index (χ0n) is 16.6. The molecule has 2 fully saturated rings. The van der Waals surface area contributed by atoms with Crippen molar-refractivity contribution in [3.05, 3.63) is 54.6 Å². The molecule has 31 heavy (non-hydrogen) atoms. The smallest absolute Gasteiger partial charge is 0.406 e. The number of halogens is 3. The van der Waals surface area contributed by atoms with E-state index in [4.69, 9.17) is 0 Å². The molecular weight excluding hydrogens is 413 g/mol. The van der Waals surface area contributed by atoms with Gasteiger partial charge in [0.1, 0.15) is 5.75 Å². The van der Waals surface area contributed by atoms with Gasteiger partial charge in [-0.05, 0) is 43.4 Å². The number of alkyl halides is 3. The summed E-state index contributed by atoms with van der Waals surface area (Å²) in [5.41, 5.74) is 4.22. The van der Waals surface area contributed by atoms with Gasteiger partial charge in [-0.2, -0.15) is 0 Å². The third kappa shape index (κ3) is 4.64. The van der Waals surface area contributed by atoms with Crippen molar-refractivity contribution >= 4 is 23.2 Å². The Labute approximate surface area is 176 Å². The highest BCUT2D eigenvalue weighted by atomic mass is 19.4. The van der Waals surface area contributed by atoms with E-state index in [2.05, 4.69) is 15.5 Å². The molecule has 10 heteroatoms. The SMILES string of the molecule is CN1CC(C(=O)Nc2ccc(OC(F)(F)F)cc2)C2NN(c3ccccc3)C(=O)C2C1. The number of para-hydroxylation sites is 1. The number of hydrogen-bond donors (Lipinski definition) is 2. The van der Waals surface area contributed by atoms with Gasteiger partial charge in [-0.1, -0.05) is 18.2 Å². The van der Waals surface area contributed by atoms with Crippen molar-refractivity contribution in [3.63, 3.8) is 0 Å². The summed E-state index contributed by atoms with van der Waals surface area (Å²) in [5, 5.41) is 4.22. The highest BCUT2D eigenvalue weighted by molar-refractivity contribution is 6.00. The van der Waals surface area contributed by atoms with E-state index in [1.54, 1.807) is 0 Å². The number of ether oxygens (including phenoxy) is 1. The zero-order chi connectivity index (χ0) is 22.2. The van der Waals surface area contributed by atoms with Crippen LogP contribution < -0.4 is 20.5 Å². The maximum absolute atomic E-state index is 13.0. The van der Waals surface area contributed by atoms with E-state index in [0.717, 1.165) is 12.1 Å². The molecule has 2 saturated heterocycles. The first kappa shape index (κ1) is 21.1. The second-order valence-corrected chi connectivity index (χ2v) is 7.66. The van der Waals surface area contributed by atoms with Crippen molar-refractivity contribution in [1.29, 1.82) is 0 Å². The Hall–Kier alpha value is -3.11. The predicted molar refractivity (Wildman–Crippen MR) is 107 cm³/mol. The van der Waals surface area contributed by atoms with Crippen LogP contribution in [-0.2, 0) is 9.59 Å². The molecule has 0 saturated carbocycles. The quantitative estimate of drug-likeness (QED) is 0.774. The van der Waals surface area contributed by atoms with E-state index in [9.17, 15) is 22.8 Å². The van der Waals surface area contributed by atoms with Crippen LogP contribution in [0.3, 0.4) is 0 Å². The van der Waals surface area contributed by atoms with Gasteiger partial charge >= 0.3 is 6.36 Å². The van der Waals surface area contributed by atoms with Crippen LogP contribution in [0, 0.1) is 11.8 Å². The molecule has 2 N–H and O–H groups in total. The van der Waals surface area contributed by atoms with Gasteiger partial charge in [0.05, 0.1) is 23.6 Å². The summed E-state index contributed by atoms with van der Waals surface area (Å²) in [6.45, 7) is 0.957. The Morgan fingerprint density at radius 2 is 1.77 bits per heavy atom. The van der Waals surface area contributed by atoms with Crippen molar-refractivity contribution in [2.45, 2.75) is 12.4 Å². The van der Waals surface area contributed by atoms with E-state index < -0.39 is 24.2 Å². The predicted octanol–water partition coefficient (Wildman–Crippen LogP) is 2.62. The van der Waals surface area contributed by atoms with Gasteiger partial charge in [0.25, 0.3) is 0 Å². The van der Waals surface area contributed by atoms with Crippen LogP contribution in [0.4, 0.5) is 24.5 Å². The summed E-state index contributed by atoms with van der Waals surface area (Å²) in [6.07, 6.45) is -4.78. The molecule has 0 aromatic heterocycles. The first-order chi connectivity index (χ1) is 14.7. The molecule has 3 unspecified atom stereocenters. The molecule has 2 heterocycles. The first-order valence-corrected chi connectivity index (χ1v) is 9.72. The molecule has 164 valence electrons. The molecule has 2 aromatic carbocycles. The summed E-state index contributed by atoms with van der Waals surface area (Å²) in [5.74, 6) is -1.72. The van der Waals surface area contributed by atoms with E-state index in [0.29, 0.717) is 24.5 Å². The normalized spacial score (nSPS) is 24.1. The topological polar surface area (TPSA) is 73.9 Å². The Kier molecular flexibility index (Phi) is 5.59. The number of nitrogens with one attached hydrogen (secondary N) is 2. The lowest BCUT2D eigenvalue weighted by atomic mass is 9.84. The third-order valence-electron chi connectivity index (χ3n) is 5.41. The van der Waals surface area contributed by atoms with Crippen LogP contribution in [0.15, 0.2) is 54.6 Å². The molecule has 0 bridgehead atoms. The number of nitrogens with zero attached hydrogens (tertiary/aromatic N) is 2. The van der Waals surface area contributed by atoms with E-state index >= 15 is 0 Å². The number of rotatable bonds is 4. The fourth-order valence-corrected chi connectivity index (χ4v) is 4.04. The third-order valence-corrected chi connectivity index (χ3v) is 5.41. The van der Waals surface area contributed by atoms with Gasteiger partial charge in [-0.3, -0.25) is 9.59 Å². The molecule has 0 spiro atoms. The average Bonchev–Trinajstić information content (AvgIpc) is 3.05. The lowest BCUT2D eigenvalue weighted by molar-refractivity contribution is -0.274. The lowest BCUT2D eigenvalue weighted by Crippen LogP contribution is -2.55. The summed E-state index contributed by atoms with van der Waals surface area (Å²) >= 11 is 0. The highest BCUT2D eigenvalue weighted by Crippen LogP contribution is 2.32. The van der Waals surface area contributed by atoms with Crippen molar-refractivity contribution in [1.82, 2.24) is 10.3 Å². The lowest BCUT2D eigenvalue weighted by Gasteiger charge is -2.36. The molecule has 0 aliphatic carbocycles. The number of hydrogen-bond acceptors (Lipinski definition) is 5. The second-order valence-electron chi connectivity index (χ2n) is 7.66. The molecule has 4 rings (SSSR count). The van der Waals surface area contributed by atoms with Crippen LogP contribution >= 0.6 is 0 Å². The molecular formula is C21H21F3N4O3. The first-order valence-electron chi connectivity index (χ1n) is 9.72. The van der Waals surface area contributed by atoms with Gasteiger partial charge in [0.15, 0.2) is 0 Å². The number of hydrazine groups is 1. The fraction of sp³-hybridized carbons (Fsp3) is 0.333. The van der Waals surface area contributed by atoms with Crippen LogP contribution in [-0.4, -0.2) is 49.3 Å². The van der Waals surface area contributed by atoms with Gasteiger partial charge in [0.2, 0.25) is 11.8 Å². The fourth-order valence-electron chi connectivity index (χ4n) is 4.04. The number of fused-ring (bicyclic) bond motifs is 1. The second kappa shape index (κ2) is 8.20. The molecule has 2 aromatic rings. The monoisotopic (exact) mass is 434 g/mol. The Balaban J connectivity index is 1.48. The molecule has 2 aliphatic rings. The average molecular weight is 434 g/mol. The number of benzene rings is 2. The van der Waals surface area contributed by atoms with Crippen molar-refractivity contribution in [2.75, 3.05) is 30.5 Å². The van der Waals surface area contributed by atoms with Gasteiger partial charge in [0, 0.05) is 18.8 Å². The van der Waals surface area contributed by atoms with E-state index in [1.807, 2.05) is 42.3 Å². The molecule has 7 nitrogen and oxygen atoms in total. The zero-order valence-corrected chi connectivity index (χ0v) is 16.6. The van der Waals surface area contributed by atoms with Crippen LogP contribution in [0.5, 0.6) is 5.75 Å². The summed E-state index contributed by atoms with van der Waals surface area (Å²) in [4.78, 5) is 27.9. The molecule has 2 amide bonds. The number of piperidine rings is 1. The number of carbonyl (C=O) groups is 2. The van der Waals surface area contributed by atoms with Crippen molar-refractivity contribution < 1.29 is 27.5 Å². The van der Waals surface area contributed by atoms with Crippen LogP contribution in [0.25, 0.3) is 0 Å². The minimum Gasteiger partial charge on any atom is -0.406 e. The maximum atomic E-state index is 13.0. The van der Waals surface area contributed by atoms with Crippen molar-refractivity contribution in [2.24, 2.45) is 11.8 Å². The Morgan fingerprint density at radius 3 is 2.42 bits per heavy atom. The molecule has 2 aliphatic heterocycles. The highest BCUT2D eigenvalue weighted by Gasteiger charge is 2.50. The van der Waals surface area contributed by atoms with Crippen molar-refractivity contribution in [3.8, 4) is 5.75 Å². The Morgan fingerprint density at radius 1 is 1.10 bits per heavy atom. The van der Waals surface area contributed by atoms with Crippen LogP contribution in [0.1, 0.15) is 0 Å². The van der Waals surface area contributed by atoms with Gasteiger partial charge < -0.3 is 15.0 Å². The van der Waals surface area contributed by atoms with Crippen LogP contribution in [0.2, 0.25) is 0 Å². The minimum atomic E-state index is -4.78. The number of amides is 2. The minimum absolute atomic E-state index is 0.103. The Bertz CT molecular complexity index is 953. The number of likely N-dealkylation sites (tertiary alicyclic amines) is 1. The van der Waals surface area contributed by atoms with E-state index in [1.165, 1.54) is 17.1 Å². The van der Waals surface area contributed by atoms with E-state index in [-0.39, 0.29) is 17.6 Å². The summed E-state index contributed by atoms with van der Waals surface area (Å²) in [7, 11) is 1.85. The van der Waals surface area contributed by atoms with Gasteiger partial charge in [-0.25, -0.2) is 10.4 Å². The summed E-state index contributed by atoms with van der Waals surface area (Å²) in [6, 6.07) is 13.7. The summed E-state index contributed by atoms with van der Waals surface area (Å²) < 4.78 is 40.8. The largest absolute Gasteiger partial charge is 0.573 e.